The topological polar surface area (TPSA) is 47.1 Å². The third-order valence-corrected chi connectivity index (χ3v) is 4.48. The van der Waals surface area contributed by atoms with Crippen LogP contribution >= 0.6 is 0 Å². The minimum Gasteiger partial charge on any atom is -0.383 e. The molecule has 0 spiro atoms. The number of nitrogen functional groups attached to an aromatic ring is 1. The summed E-state index contributed by atoms with van der Waals surface area (Å²) in [5, 5.41) is 4.47. The van der Waals surface area contributed by atoms with E-state index in [9.17, 15) is 0 Å². The van der Waals surface area contributed by atoms with Crippen LogP contribution in [0.4, 0.5) is 5.82 Å². The van der Waals surface area contributed by atoms with Crippen molar-refractivity contribution in [2.45, 2.75) is 45.7 Å². The number of rotatable bonds is 3. The molecule has 0 amide bonds. The van der Waals surface area contributed by atoms with E-state index in [1.807, 2.05) is 10.9 Å². The second kappa shape index (κ2) is 5.90. The number of nitrogens with zero attached hydrogens (tertiary/aromatic N) is 3. The average Bonchev–Trinajstić information content (AvgIpc) is 2.84. The molecule has 4 heteroatoms. The number of hydrogen-bond acceptors (Lipinski definition) is 3. The van der Waals surface area contributed by atoms with Crippen LogP contribution in [0.15, 0.2) is 30.5 Å². The second-order valence-electron chi connectivity index (χ2n) is 6.12. The third-order valence-electron chi connectivity index (χ3n) is 4.48. The smallest absolute Gasteiger partial charge is 0.131 e. The molecule has 4 nitrogen and oxygen atoms in total. The van der Waals surface area contributed by atoms with Crippen LogP contribution in [0.25, 0.3) is 5.69 Å². The molecule has 112 valence electrons. The van der Waals surface area contributed by atoms with Gasteiger partial charge in [-0.2, -0.15) is 5.10 Å². The summed E-state index contributed by atoms with van der Waals surface area (Å²) in [6, 6.07) is 8.93. The van der Waals surface area contributed by atoms with Gasteiger partial charge in [0, 0.05) is 18.2 Å². The summed E-state index contributed by atoms with van der Waals surface area (Å²) in [6.07, 6.45) is 5.83. The number of piperidine rings is 1. The summed E-state index contributed by atoms with van der Waals surface area (Å²) in [5.41, 5.74) is 9.71. The van der Waals surface area contributed by atoms with Crippen molar-refractivity contribution in [3.63, 3.8) is 0 Å². The van der Waals surface area contributed by atoms with E-state index in [2.05, 4.69) is 48.1 Å². The zero-order chi connectivity index (χ0) is 14.8. The molecule has 2 N–H and O–H groups in total. The van der Waals surface area contributed by atoms with Crippen LogP contribution in [0.3, 0.4) is 0 Å². The minimum atomic E-state index is 0.640. The third kappa shape index (κ3) is 2.95. The molecule has 3 rings (SSSR count). The largest absolute Gasteiger partial charge is 0.383 e. The van der Waals surface area contributed by atoms with Gasteiger partial charge in [0.1, 0.15) is 5.82 Å². The Labute approximate surface area is 126 Å². The average molecular weight is 284 g/mol. The minimum absolute atomic E-state index is 0.640. The standard InChI is InChI=1S/C17H24N4/c1-13-6-8-16(9-7-13)21-17(18)15(11-19-21)12-20-10-4-3-5-14(20)2/h6-9,11,14H,3-5,10,12,18H2,1-2H3. The molecule has 1 aromatic carbocycles. The molecule has 1 aliphatic heterocycles. The lowest BCUT2D eigenvalue weighted by atomic mass is 10.0. The molecule has 1 aliphatic rings. The van der Waals surface area contributed by atoms with Gasteiger partial charge in [0.2, 0.25) is 0 Å². The van der Waals surface area contributed by atoms with Crippen molar-refractivity contribution >= 4 is 5.82 Å². The van der Waals surface area contributed by atoms with E-state index in [4.69, 9.17) is 5.73 Å². The Bertz CT molecular complexity index is 600. The van der Waals surface area contributed by atoms with Crippen molar-refractivity contribution in [2.24, 2.45) is 0 Å². The summed E-state index contributed by atoms with van der Waals surface area (Å²) in [7, 11) is 0. The molecule has 0 radical (unpaired) electrons. The summed E-state index contributed by atoms with van der Waals surface area (Å²) in [5.74, 6) is 0.761. The van der Waals surface area contributed by atoms with Gasteiger partial charge in [-0.1, -0.05) is 24.1 Å². The zero-order valence-electron chi connectivity index (χ0n) is 12.9. The van der Waals surface area contributed by atoms with Gasteiger partial charge >= 0.3 is 0 Å². The van der Waals surface area contributed by atoms with Crippen molar-refractivity contribution in [1.29, 1.82) is 0 Å². The molecule has 2 aromatic rings. The maximum absolute atomic E-state index is 6.31. The first kappa shape index (κ1) is 14.1. The number of hydrogen-bond donors (Lipinski definition) is 1. The van der Waals surface area contributed by atoms with E-state index in [-0.39, 0.29) is 0 Å². The molecule has 21 heavy (non-hydrogen) atoms. The Morgan fingerprint density at radius 2 is 2.00 bits per heavy atom. The highest BCUT2D eigenvalue weighted by atomic mass is 15.3. The molecular weight excluding hydrogens is 260 g/mol. The first-order chi connectivity index (χ1) is 10.1. The van der Waals surface area contributed by atoms with Crippen LogP contribution in [-0.2, 0) is 6.54 Å². The van der Waals surface area contributed by atoms with Crippen LogP contribution in [0.5, 0.6) is 0 Å². The fraction of sp³-hybridized carbons (Fsp3) is 0.471. The SMILES string of the molecule is Cc1ccc(-n2ncc(CN3CCCCC3C)c2N)cc1. The molecule has 2 heterocycles. The van der Waals surface area contributed by atoms with Crippen molar-refractivity contribution in [1.82, 2.24) is 14.7 Å². The highest BCUT2D eigenvalue weighted by molar-refractivity contribution is 5.47. The first-order valence-corrected chi connectivity index (χ1v) is 7.78. The monoisotopic (exact) mass is 284 g/mol. The van der Waals surface area contributed by atoms with Crippen molar-refractivity contribution in [3.05, 3.63) is 41.6 Å². The van der Waals surface area contributed by atoms with Gasteiger partial charge in [0.05, 0.1) is 11.9 Å². The van der Waals surface area contributed by atoms with Gasteiger partial charge in [-0.15, -0.1) is 0 Å². The van der Waals surface area contributed by atoms with Gasteiger partial charge < -0.3 is 5.73 Å². The van der Waals surface area contributed by atoms with E-state index < -0.39 is 0 Å². The van der Waals surface area contributed by atoms with Crippen LogP contribution in [0.2, 0.25) is 0 Å². The Kier molecular flexibility index (Phi) is 3.97. The summed E-state index contributed by atoms with van der Waals surface area (Å²) < 4.78 is 1.84. The Balaban J connectivity index is 1.80. The van der Waals surface area contributed by atoms with Crippen LogP contribution < -0.4 is 5.73 Å². The molecule has 1 aromatic heterocycles. The number of likely N-dealkylation sites (tertiary alicyclic amines) is 1. The van der Waals surface area contributed by atoms with Crippen molar-refractivity contribution in [2.75, 3.05) is 12.3 Å². The summed E-state index contributed by atoms with van der Waals surface area (Å²) >= 11 is 0. The van der Waals surface area contributed by atoms with E-state index in [0.717, 1.165) is 30.2 Å². The molecule has 0 aliphatic carbocycles. The zero-order valence-corrected chi connectivity index (χ0v) is 12.9. The molecular formula is C17H24N4. The molecule has 1 fully saturated rings. The normalized spacial score (nSPS) is 19.8. The molecule has 0 saturated carbocycles. The quantitative estimate of drug-likeness (QED) is 0.942. The Morgan fingerprint density at radius 3 is 2.71 bits per heavy atom. The van der Waals surface area contributed by atoms with Gasteiger partial charge in [-0.05, 0) is 45.4 Å². The van der Waals surface area contributed by atoms with Crippen LogP contribution in [-0.4, -0.2) is 27.3 Å². The number of nitrogens with two attached hydrogens (primary N) is 1. The number of benzene rings is 1. The number of aromatic nitrogens is 2. The maximum Gasteiger partial charge on any atom is 0.131 e. The second-order valence-corrected chi connectivity index (χ2v) is 6.12. The highest BCUT2D eigenvalue weighted by Gasteiger charge is 2.20. The van der Waals surface area contributed by atoms with Gasteiger partial charge in [-0.3, -0.25) is 4.90 Å². The summed E-state index contributed by atoms with van der Waals surface area (Å²) in [4.78, 5) is 2.51. The van der Waals surface area contributed by atoms with E-state index >= 15 is 0 Å². The lowest BCUT2D eigenvalue weighted by molar-refractivity contribution is 0.153. The molecule has 1 unspecified atom stereocenters. The van der Waals surface area contributed by atoms with Gasteiger partial charge in [0.15, 0.2) is 0 Å². The van der Waals surface area contributed by atoms with E-state index in [1.54, 1.807) is 0 Å². The lowest BCUT2D eigenvalue weighted by Gasteiger charge is -2.33. The van der Waals surface area contributed by atoms with E-state index in [1.165, 1.54) is 24.8 Å². The van der Waals surface area contributed by atoms with Crippen LogP contribution in [0, 0.1) is 6.92 Å². The van der Waals surface area contributed by atoms with Crippen molar-refractivity contribution < 1.29 is 0 Å². The van der Waals surface area contributed by atoms with Gasteiger partial charge in [-0.25, -0.2) is 4.68 Å². The van der Waals surface area contributed by atoms with Gasteiger partial charge in [0.25, 0.3) is 0 Å². The summed E-state index contributed by atoms with van der Waals surface area (Å²) in [6.45, 7) is 6.45. The van der Waals surface area contributed by atoms with E-state index in [0.29, 0.717) is 6.04 Å². The Hall–Kier alpha value is -1.81. The first-order valence-electron chi connectivity index (χ1n) is 7.78. The Morgan fingerprint density at radius 1 is 1.24 bits per heavy atom. The fourth-order valence-electron chi connectivity index (χ4n) is 3.02. The lowest BCUT2D eigenvalue weighted by Crippen LogP contribution is -2.36. The predicted octanol–water partition coefficient (Wildman–Crippen LogP) is 3.14. The fourth-order valence-corrected chi connectivity index (χ4v) is 3.02. The molecule has 1 atom stereocenters. The number of anilines is 1. The van der Waals surface area contributed by atoms with Crippen molar-refractivity contribution in [3.8, 4) is 5.69 Å². The highest BCUT2D eigenvalue weighted by Crippen LogP contribution is 2.23. The molecule has 0 bridgehead atoms. The molecule has 1 saturated heterocycles. The number of aryl methyl sites for hydroxylation is 1. The predicted molar refractivity (Wildman–Crippen MR) is 86.4 cm³/mol. The maximum atomic E-state index is 6.31. The van der Waals surface area contributed by atoms with Crippen LogP contribution in [0.1, 0.15) is 37.3 Å².